The highest BCUT2D eigenvalue weighted by Crippen LogP contribution is 3.01. The average Bonchev–Trinajstić information content (AvgIpc) is 3.66. The first-order valence-electron chi connectivity index (χ1n) is 25.0. The molecule has 4 heterocycles. The largest absolute Gasteiger partial charge is 0.422 e. The number of carbonyl (C=O) groups excluding carboxylic acids is 7. The first-order chi connectivity index (χ1) is 34.6. The molecule has 73 heavy (non-hydrogen) atoms. The molecule has 7 amide bonds. The normalized spacial score (nSPS) is 26.9. The lowest BCUT2D eigenvalue weighted by Gasteiger charge is -2.37. The molecule has 0 bridgehead atoms. The second-order valence-corrected chi connectivity index (χ2v) is 24.6. The van der Waals surface area contributed by atoms with Crippen LogP contribution < -0.4 is 30.3 Å². The van der Waals surface area contributed by atoms with Crippen LogP contribution >= 0.6 is 43.4 Å². The Morgan fingerprint density at radius 2 is 1.52 bits per heavy atom. The van der Waals surface area contributed by atoms with E-state index in [-0.39, 0.29) is 84.2 Å². The molecule has 17 nitrogen and oxygen atoms in total. The van der Waals surface area contributed by atoms with Gasteiger partial charge < -0.3 is 40.2 Å². The number of rotatable bonds is 18. The van der Waals surface area contributed by atoms with E-state index in [4.69, 9.17) is 27.7 Å². The molecule has 10 rings (SSSR count). The Morgan fingerprint density at radius 3 is 2.11 bits per heavy atom. The number of nitrogens with zero attached hydrogens (tertiary/aromatic N) is 3. The summed E-state index contributed by atoms with van der Waals surface area (Å²) in [4.78, 5) is 113. The summed E-state index contributed by atoms with van der Waals surface area (Å²) in [6, 6.07) is 9.08. The molecule has 21 heteroatoms. The number of carbonyl (C=O) groups is 7. The second-order valence-electron chi connectivity index (χ2n) is 21.6. The lowest BCUT2D eigenvalue weighted by molar-refractivity contribution is -0.138. The van der Waals surface area contributed by atoms with Crippen molar-refractivity contribution >= 4 is 124 Å². The number of alkyl halides is 2. The number of thiol groups is 1. The zero-order valence-electron chi connectivity index (χ0n) is 41.3. The predicted molar refractivity (Wildman–Crippen MR) is 282 cm³/mol. The van der Waals surface area contributed by atoms with Crippen molar-refractivity contribution in [1.29, 1.82) is 0 Å². The number of fused-ring (bicyclic) bond motifs is 6. The number of hydrogen-bond donors (Lipinski definition) is 6. The van der Waals surface area contributed by atoms with Gasteiger partial charge in [-0.1, -0.05) is 44.5 Å². The number of likely N-dealkylation sites (tertiary alicyclic amines) is 1. The number of anilines is 3. The first kappa shape index (κ1) is 51.4. The zero-order chi connectivity index (χ0) is 52.3. The maximum atomic E-state index is 15.1. The third-order valence-corrected chi connectivity index (χ3v) is 18.2. The van der Waals surface area contributed by atoms with Crippen LogP contribution in [0.4, 0.5) is 17.1 Å². The molecule has 0 radical (unpaired) electrons. The molecule has 5 N–H and O–H groups in total. The number of H-pyrrole nitrogens is 1. The van der Waals surface area contributed by atoms with Gasteiger partial charge in [0.25, 0.3) is 0 Å². The van der Waals surface area contributed by atoms with Gasteiger partial charge >= 0.3 is 7.60 Å². The van der Waals surface area contributed by atoms with E-state index >= 15 is 4.79 Å². The fourth-order valence-corrected chi connectivity index (χ4v) is 14.2. The van der Waals surface area contributed by atoms with Gasteiger partial charge in [-0.25, -0.2) is 4.57 Å². The van der Waals surface area contributed by atoms with Crippen molar-refractivity contribution in [3.05, 3.63) is 59.3 Å². The summed E-state index contributed by atoms with van der Waals surface area (Å²) in [5.74, 6) is -2.14. The number of imide groups is 1. The number of nitrogens with one attached hydrogen (secondary N) is 4. The van der Waals surface area contributed by atoms with Gasteiger partial charge in [0.05, 0.1) is 33.0 Å². The van der Waals surface area contributed by atoms with Crippen LogP contribution in [-0.4, -0.2) is 112 Å². The van der Waals surface area contributed by atoms with Crippen molar-refractivity contribution < 1.29 is 47.5 Å². The van der Waals surface area contributed by atoms with E-state index in [9.17, 15) is 38.2 Å². The zero-order valence-corrected chi connectivity index (χ0v) is 44.6. The van der Waals surface area contributed by atoms with Gasteiger partial charge in [0.2, 0.25) is 41.4 Å². The maximum absolute atomic E-state index is 15.1. The van der Waals surface area contributed by atoms with E-state index in [1.165, 1.54) is 4.90 Å². The van der Waals surface area contributed by atoms with Gasteiger partial charge in [-0.2, -0.15) is 12.6 Å². The number of aromatic amines is 1. The summed E-state index contributed by atoms with van der Waals surface area (Å²) in [5, 5.41) is 10.4. The molecule has 1 saturated heterocycles. The lowest BCUT2D eigenvalue weighted by atomic mass is 9.72. The Morgan fingerprint density at radius 1 is 0.890 bits per heavy atom. The minimum atomic E-state index is -3.97. The van der Waals surface area contributed by atoms with E-state index in [0.717, 1.165) is 39.5 Å². The number of benzene rings is 3. The number of halogens is 2. The van der Waals surface area contributed by atoms with Crippen LogP contribution in [-0.2, 0) is 38.1 Å². The van der Waals surface area contributed by atoms with Gasteiger partial charge in [0, 0.05) is 96.9 Å². The van der Waals surface area contributed by atoms with Crippen LogP contribution in [0.5, 0.6) is 5.75 Å². The molecule has 4 fully saturated rings. The van der Waals surface area contributed by atoms with Gasteiger partial charge in [-0.15, -0.1) is 23.2 Å². The van der Waals surface area contributed by atoms with Gasteiger partial charge in [0.15, 0.2) is 5.75 Å². The number of hydrogen-bond acceptors (Lipinski definition) is 10. The summed E-state index contributed by atoms with van der Waals surface area (Å²) >= 11 is 17.4. The predicted octanol–water partition coefficient (Wildman–Crippen LogP) is 7.23. The van der Waals surface area contributed by atoms with E-state index in [1.807, 2.05) is 31.2 Å². The van der Waals surface area contributed by atoms with E-state index in [2.05, 4.69) is 33.6 Å². The Labute approximate surface area is 438 Å². The number of unbranched alkanes of at least 4 members (excludes halogenated alkanes) is 2. The molecule has 1 spiro atoms. The van der Waals surface area contributed by atoms with Crippen molar-refractivity contribution in [2.45, 2.75) is 108 Å². The Hall–Kier alpha value is -5.13. The first-order valence-corrected chi connectivity index (χ1v) is 28.6. The van der Waals surface area contributed by atoms with Gasteiger partial charge in [0.1, 0.15) is 12.1 Å². The van der Waals surface area contributed by atoms with Crippen molar-refractivity contribution in [3.8, 4) is 5.75 Å². The van der Waals surface area contributed by atoms with Crippen molar-refractivity contribution in [1.82, 2.24) is 20.5 Å². The highest BCUT2D eigenvalue weighted by atomic mass is 35.5. The van der Waals surface area contributed by atoms with Crippen molar-refractivity contribution in [2.24, 2.45) is 22.2 Å². The molecule has 3 saturated carbocycles. The van der Waals surface area contributed by atoms with Gasteiger partial charge in [-0.05, 0) is 80.0 Å². The maximum Gasteiger partial charge on any atom is 0.373 e. The summed E-state index contributed by atoms with van der Waals surface area (Å²) in [6.45, 7) is 9.10. The molecule has 9 unspecified atom stereocenters. The van der Waals surface area contributed by atoms with Crippen LogP contribution in [0.2, 0.25) is 0 Å². The third-order valence-electron chi connectivity index (χ3n) is 16.5. The second kappa shape index (κ2) is 18.6. The number of amides is 7. The number of aromatic nitrogens is 1. The third kappa shape index (κ3) is 8.32. The van der Waals surface area contributed by atoms with E-state index < -0.39 is 53.0 Å². The standard InChI is InChI=1S/C52H60Cl2N7O10PS/c1-26(2)43(58-38(62)13-7-6-10-14-59-39(63)17-37(73)47(59)66)46(65)56-28(4)45(64)57-33-15-34-41(32-12-9-8-11-31(32)33)29(18-53)21-60(34)48(67)50-23-51(25-52(50,51)24-50)49(68)61-22-30(19-54)42-35(61)16-36(71-72(5,69)70)44-40(42)27(3)20-55-44/h8-9,11-12,15-16,20,26,28-30,37,43,55,73H,6-7,10,13-14,17-19,21-25H2,1-5H3,(H,56,65)(H,57,64)(H,58,62)(H,69,70). The molecule has 3 aromatic carbocycles. The minimum absolute atomic E-state index is 0.0818. The number of aryl methyl sites for hydroxylation is 1. The summed E-state index contributed by atoms with van der Waals surface area (Å²) < 4.78 is 18.1. The van der Waals surface area contributed by atoms with Crippen LogP contribution in [0.1, 0.15) is 101 Å². The summed E-state index contributed by atoms with van der Waals surface area (Å²) in [6.07, 6.45) is 5.14. The lowest BCUT2D eigenvalue weighted by Crippen LogP contribution is -2.53. The molecule has 3 aliphatic carbocycles. The van der Waals surface area contributed by atoms with Crippen molar-refractivity contribution in [3.63, 3.8) is 0 Å². The molecular formula is C52H60Cl2N7O10PS. The monoisotopic (exact) mass is 1080 g/mol. The minimum Gasteiger partial charge on any atom is -0.422 e. The highest BCUT2D eigenvalue weighted by Gasteiger charge is 3.01. The Balaban J connectivity index is 0.820. The Bertz CT molecular complexity index is 3110. The summed E-state index contributed by atoms with van der Waals surface area (Å²) in [7, 11) is -3.97. The smallest absolute Gasteiger partial charge is 0.373 e. The summed E-state index contributed by atoms with van der Waals surface area (Å²) in [5.41, 5.74) is 2.89. The molecule has 388 valence electrons. The molecular weight excluding hydrogens is 1020 g/mol. The fraction of sp³-hybridized carbons (Fsp3) is 0.519. The van der Waals surface area contributed by atoms with E-state index in [1.54, 1.807) is 48.9 Å². The molecule has 9 atom stereocenters. The van der Waals surface area contributed by atoms with Crippen LogP contribution in [0, 0.1) is 29.1 Å². The SMILES string of the molecule is Cc1c[nH]c2c(OP(C)(=O)O)cc3c(c12)C(CCl)CN3C(=O)C12CC3(C(=O)N4CC(CCl)c5c4cc(NC(=O)C(C)NC(=O)C(NC(=O)CCCCCN4C(=O)CC(S)C4=O)C(C)C)c4ccccc54)CC31C2. The van der Waals surface area contributed by atoms with Crippen LogP contribution in [0.15, 0.2) is 42.6 Å². The Kier molecular flexibility index (Phi) is 13.1. The highest BCUT2D eigenvalue weighted by molar-refractivity contribution is 7.81. The topological polar surface area (TPSA) is 228 Å². The van der Waals surface area contributed by atoms with E-state index in [0.29, 0.717) is 74.2 Å². The van der Waals surface area contributed by atoms with Crippen LogP contribution in [0.3, 0.4) is 0 Å². The van der Waals surface area contributed by atoms with Crippen LogP contribution in [0.25, 0.3) is 21.7 Å². The van der Waals surface area contributed by atoms with Gasteiger partial charge in [-0.3, -0.25) is 38.5 Å². The molecule has 4 aromatic rings. The molecule has 3 aliphatic heterocycles. The molecule has 6 aliphatic rings. The molecule has 1 aromatic heterocycles. The average molecular weight is 1080 g/mol. The van der Waals surface area contributed by atoms with Crippen molar-refractivity contribution in [2.75, 3.05) is 53.2 Å². The quantitative estimate of drug-likeness (QED) is 0.0193. The fourth-order valence-electron chi connectivity index (χ4n) is 12.9.